The molecule has 0 bridgehead atoms. The van der Waals surface area contributed by atoms with Crippen LogP contribution >= 0.6 is 0 Å². The summed E-state index contributed by atoms with van der Waals surface area (Å²) in [5.74, 6) is 7.92. The Kier molecular flexibility index (Phi) is 38.1. The molecule has 0 aromatic heterocycles. The lowest BCUT2D eigenvalue weighted by Gasteiger charge is -2.51. The SMILES string of the molecule is C1CCCCC(N(C2CCCCCCCC2)C2CCCC3C4CCCC(N(C5CCCCCCC5)C5CCCCCCC5)CCCC4C4(C3CCC2)C2CCCC(N(C3CCCCCCCCC3)C3CCCCCCC3)CCCC2C2CCCC(N(C3CCCCCCCCC3)C3CCCCCCC3)CCC24)CCCC1. The van der Waals surface area contributed by atoms with Crippen molar-refractivity contribution in [2.45, 2.75) is 625 Å². The fourth-order valence-corrected chi connectivity index (χ4v) is 32.7. The maximum absolute atomic E-state index is 3.56. The van der Waals surface area contributed by atoms with Crippen LogP contribution in [0.25, 0.3) is 0 Å². The maximum Gasteiger partial charge on any atom is 0.0101 e. The quantitative estimate of drug-likeness (QED) is 0.193. The van der Waals surface area contributed by atoms with Gasteiger partial charge in [-0.15, -0.1) is 0 Å². The van der Waals surface area contributed by atoms with E-state index in [9.17, 15) is 0 Å². The van der Waals surface area contributed by atoms with Crippen LogP contribution in [0.1, 0.15) is 552 Å². The molecule has 4 nitrogen and oxygen atoms in total. The summed E-state index contributed by atoms with van der Waals surface area (Å²) in [5, 5.41) is 0. The molecular formula is C107H192N4. The van der Waals surface area contributed by atoms with E-state index in [1.165, 1.54) is 405 Å². The highest BCUT2D eigenvalue weighted by Crippen LogP contribution is 2.76. The molecule has 111 heavy (non-hydrogen) atoms. The van der Waals surface area contributed by atoms with Crippen molar-refractivity contribution in [3.63, 3.8) is 0 Å². The predicted molar refractivity (Wildman–Crippen MR) is 480 cm³/mol. The van der Waals surface area contributed by atoms with Crippen LogP contribution in [-0.4, -0.2) is 92.1 Å². The van der Waals surface area contributed by atoms with Gasteiger partial charge in [0, 0.05) is 72.5 Å². The third kappa shape index (κ3) is 24.2. The molecule has 14 aliphatic carbocycles. The van der Waals surface area contributed by atoms with E-state index in [0.717, 1.165) is 120 Å². The smallest absolute Gasteiger partial charge is 0.0101 e. The molecule has 14 aliphatic rings. The van der Waals surface area contributed by atoms with E-state index < -0.39 is 0 Å². The van der Waals surface area contributed by atoms with Crippen LogP contribution in [0.5, 0.6) is 0 Å². The van der Waals surface area contributed by atoms with E-state index >= 15 is 0 Å². The van der Waals surface area contributed by atoms with Crippen LogP contribution in [0.3, 0.4) is 0 Å². The average Bonchev–Trinajstić information content (AvgIpc) is 1.52. The third-order valence-electron chi connectivity index (χ3n) is 37.4. The molecule has 0 aromatic rings. The number of nitrogens with zero attached hydrogens (tertiary/aromatic N) is 4. The van der Waals surface area contributed by atoms with Gasteiger partial charge in [-0.1, -0.05) is 347 Å². The van der Waals surface area contributed by atoms with Crippen molar-refractivity contribution in [2.24, 2.45) is 52.8 Å². The first kappa shape index (κ1) is 87.2. The second-order valence-electron chi connectivity index (χ2n) is 44.0. The Balaban J connectivity index is 0.862. The van der Waals surface area contributed by atoms with E-state index in [1.807, 2.05) is 0 Å². The van der Waals surface area contributed by atoms with Gasteiger partial charge in [-0.2, -0.15) is 0 Å². The van der Waals surface area contributed by atoms with E-state index in [1.54, 1.807) is 148 Å². The van der Waals surface area contributed by atoms with Crippen molar-refractivity contribution < 1.29 is 0 Å². The maximum atomic E-state index is 3.56. The molecule has 13 atom stereocenters. The number of hydrogen-bond donors (Lipinski definition) is 0. The van der Waals surface area contributed by atoms with E-state index in [4.69, 9.17) is 0 Å². The van der Waals surface area contributed by atoms with Crippen LogP contribution in [0.15, 0.2) is 0 Å². The van der Waals surface area contributed by atoms with Gasteiger partial charge < -0.3 is 0 Å². The highest BCUT2D eigenvalue weighted by Gasteiger charge is 2.70. The molecule has 0 amide bonds. The van der Waals surface area contributed by atoms with Gasteiger partial charge in [0.25, 0.3) is 0 Å². The van der Waals surface area contributed by atoms with Gasteiger partial charge in [0.1, 0.15) is 0 Å². The lowest BCUT2D eigenvalue weighted by Crippen LogP contribution is -2.51. The van der Waals surface area contributed by atoms with Crippen molar-refractivity contribution in [3.8, 4) is 0 Å². The molecule has 0 radical (unpaired) electrons. The second-order valence-corrected chi connectivity index (χ2v) is 44.0. The molecule has 14 fully saturated rings. The zero-order chi connectivity index (χ0) is 75.2. The number of fused-ring (bicyclic) bond motifs is 10. The topological polar surface area (TPSA) is 13.0 Å². The first-order valence-electron chi connectivity index (χ1n) is 54.3. The van der Waals surface area contributed by atoms with Gasteiger partial charge in [-0.25, -0.2) is 0 Å². The van der Waals surface area contributed by atoms with E-state index in [2.05, 4.69) is 19.6 Å². The summed E-state index contributed by atoms with van der Waals surface area (Å²) < 4.78 is 0. The molecule has 0 aromatic carbocycles. The second kappa shape index (κ2) is 48.5. The predicted octanol–water partition coefficient (Wildman–Crippen LogP) is 32.3. The number of rotatable bonds is 12. The first-order valence-corrected chi connectivity index (χ1v) is 54.3. The molecule has 0 heterocycles. The van der Waals surface area contributed by atoms with Crippen molar-refractivity contribution in [1.29, 1.82) is 0 Å². The molecule has 14 rings (SSSR count). The summed E-state index contributed by atoms with van der Waals surface area (Å²) in [4.78, 5) is 14.1. The Morgan fingerprint density at radius 2 is 0.216 bits per heavy atom. The van der Waals surface area contributed by atoms with Gasteiger partial charge >= 0.3 is 0 Å². The van der Waals surface area contributed by atoms with Crippen LogP contribution in [0, 0.1) is 52.8 Å². The fraction of sp³-hybridized carbons (Fsp3) is 1.00. The van der Waals surface area contributed by atoms with Crippen LogP contribution in [-0.2, 0) is 0 Å². The van der Waals surface area contributed by atoms with Gasteiger partial charge in [0.05, 0.1) is 0 Å². The highest BCUT2D eigenvalue weighted by molar-refractivity contribution is 5.19. The fourth-order valence-electron chi connectivity index (χ4n) is 32.7. The summed E-state index contributed by atoms with van der Waals surface area (Å²) in [6.45, 7) is 0. The van der Waals surface area contributed by atoms with Gasteiger partial charge in [0.2, 0.25) is 0 Å². The molecule has 13 unspecified atom stereocenters. The normalized spacial score (nSPS) is 36.9. The van der Waals surface area contributed by atoms with Gasteiger partial charge in [-0.3, -0.25) is 19.6 Å². The minimum atomic E-state index is 0.551. The zero-order valence-corrected chi connectivity index (χ0v) is 74.6. The van der Waals surface area contributed by atoms with Crippen LogP contribution in [0.2, 0.25) is 0 Å². The zero-order valence-electron chi connectivity index (χ0n) is 74.6. The molecule has 4 heteroatoms. The van der Waals surface area contributed by atoms with Crippen molar-refractivity contribution >= 4 is 0 Å². The molecule has 0 saturated heterocycles. The average molecular weight is 1530 g/mol. The summed E-state index contributed by atoms with van der Waals surface area (Å²) in [6.07, 6.45) is 132. The van der Waals surface area contributed by atoms with E-state index in [-0.39, 0.29) is 0 Å². The summed E-state index contributed by atoms with van der Waals surface area (Å²) in [7, 11) is 0. The number of hydrogen-bond acceptors (Lipinski definition) is 4. The van der Waals surface area contributed by atoms with E-state index in [0.29, 0.717) is 5.41 Å². The summed E-state index contributed by atoms with van der Waals surface area (Å²) in [5.41, 5.74) is 0.551. The van der Waals surface area contributed by atoms with Crippen LogP contribution < -0.4 is 0 Å². The molecular weight excluding hydrogens is 1340 g/mol. The third-order valence-corrected chi connectivity index (χ3v) is 37.4. The van der Waals surface area contributed by atoms with Crippen molar-refractivity contribution in [2.75, 3.05) is 0 Å². The molecule has 1 spiro atoms. The Morgan fingerprint density at radius 1 is 0.0991 bits per heavy atom. The standard InChI is InChI=1S/C107H192N4/c1-4-16-32-55-87(56-33-17-5-1)108(89-59-38-22-10-11-23-39-60-89)95-71-48-78-99-100-79-49-72-96(110(91-63-42-26-13-27-43-64-91)92-65-44-28-14-29-45-66-92)76-53-83-104(100)107(103(99)82-52-75-95)105-84-54-77-97(109(90-61-40-24-12-25-41-62-90)88-57-34-18-6-2-7-19-35-58-88)73-50-80-101(105)102-81-51-74-98(85-86-106(102)107)111(94-69-46-30-15-31-47-70-94)93-67-36-20-8-3-9-21-37-68-93/h87-106H,1-86H2. The lowest BCUT2D eigenvalue weighted by molar-refractivity contribution is -0.0325. The molecule has 0 N–H and O–H groups in total. The van der Waals surface area contributed by atoms with Crippen molar-refractivity contribution in [1.82, 2.24) is 19.6 Å². The Labute approximate surface area is 692 Å². The summed E-state index contributed by atoms with van der Waals surface area (Å²) in [6, 6.07) is 10.2. The monoisotopic (exact) mass is 1530 g/mol. The van der Waals surface area contributed by atoms with Crippen LogP contribution in [0.4, 0.5) is 0 Å². The lowest BCUT2D eigenvalue weighted by atomic mass is 9.54. The summed E-state index contributed by atoms with van der Waals surface area (Å²) >= 11 is 0. The first-order chi connectivity index (χ1) is 55.2. The molecule has 14 saturated carbocycles. The Bertz CT molecular complexity index is 2340. The Hall–Kier alpha value is -0.160. The van der Waals surface area contributed by atoms with Crippen molar-refractivity contribution in [3.05, 3.63) is 0 Å². The molecule has 0 aliphatic heterocycles. The Morgan fingerprint density at radius 3 is 0.378 bits per heavy atom. The highest BCUT2D eigenvalue weighted by atomic mass is 15.2. The minimum Gasteiger partial charge on any atom is -0.294 e. The minimum absolute atomic E-state index is 0.551. The van der Waals surface area contributed by atoms with Gasteiger partial charge in [-0.05, 0) is 258 Å². The van der Waals surface area contributed by atoms with Gasteiger partial charge in [0.15, 0.2) is 0 Å². The molecule has 640 valence electrons. The largest absolute Gasteiger partial charge is 0.294 e.